The number of thiophene rings is 1. The summed E-state index contributed by atoms with van der Waals surface area (Å²) in [6, 6.07) is 8.41. The van der Waals surface area contributed by atoms with Gasteiger partial charge in [0.05, 0.1) is 0 Å². The van der Waals surface area contributed by atoms with Crippen LogP contribution in [0.2, 0.25) is 0 Å². The molecule has 2 aliphatic heterocycles. The minimum absolute atomic E-state index is 0.00441. The maximum Gasteiger partial charge on any atom is 0.326 e. The van der Waals surface area contributed by atoms with Crippen LogP contribution >= 0.6 is 11.3 Å². The Morgan fingerprint density at radius 3 is 2.90 bits per heavy atom. The number of benzene rings is 1. The summed E-state index contributed by atoms with van der Waals surface area (Å²) in [4.78, 5) is 43.9. The highest BCUT2D eigenvalue weighted by Crippen LogP contribution is 2.43. The molecule has 29 heavy (non-hydrogen) atoms. The van der Waals surface area contributed by atoms with Crippen LogP contribution in [0.5, 0.6) is 0 Å². The lowest BCUT2D eigenvalue weighted by Crippen LogP contribution is -2.52. The fourth-order valence-electron chi connectivity index (χ4n) is 5.07. The second kappa shape index (κ2) is 6.42. The van der Waals surface area contributed by atoms with E-state index in [0.29, 0.717) is 6.42 Å². The van der Waals surface area contributed by atoms with Gasteiger partial charge in [0.25, 0.3) is 5.91 Å². The molecule has 0 unspecified atom stereocenters. The molecule has 0 bridgehead atoms. The summed E-state index contributed by atoms with van der Waals surface area (Å²) in [5, 5.41) is 4.91. The van der Waals surface area contributed by atoms with Gasteiger partial charge in [-0.25, -0.2) is 9.69 Å². The third kappa shape index (κ3) is 2.50. The number of carbonyl (C=O) groups excluding carboxylic acids is 3. The number of nitrogens with zero attached hydrogens (tertiary/aromatic N) is 2. The Hall–Kier alpha value is -2.67. The van der Waals surface area contributed by atoms with Crippen LogP contribution in [0.4, 0.5) is 10.5 Å². The molecule has 3 aliphatic rings. The molecule has 0 saturated carbocycles. The molecule has 4 amide bonds. The van der Waals surface area contributed by atoms with Crippen LogP contribution in [-0.2, 0) is 28.0 Å². The van der Waals surface area contributed by atoms with Gasteiger partial charge in [0.2, 0.25) is 5.91 Å². The molecule has 1 fully saturated rings. The number of para-hydroxylation sites is 1. The standard InChI is InChI=1S/C22H23N3O3S/c1-13-12-15-6-3-4-7-17(15)24(13)19(26)14(2)25-20(27)22(23-21(25)28)10-5-8-18-16(22)9-11-29-18/h3-4,6-7,9,11,13-14H,5,8,10,12H2,1-2H3,(H,23,28)/t13-,14+,22-/m0/s1. The number of hydrogen-bond donors (Lipinski definition) is 1. The second-order valence-corrected chi connectivity index (χ2v) is 9.19. The van der Waals surface area contributed by atoms with Gasteiger partial charge in [0.15, 0.2) is 0 Å². The number of fused-ring (bicyclic) bond motifs is 3. The highest BCUT2D eigenvalue weighted by atomic mass is 32.1. The first kappa shape index (κ1) is 18.4. The number of aryl methyl sites for hydroxylation is 1. The molecule has 2 aromatic rings. The average Bonchev–Trinajstić information content (AvgIpc) is 3.37. The van der Waals surface area contributed by atoms with Gasteiger partial charge in [0, 0.05) is 22.2 Å². The molecule has 0 radical (unpaired) electrons. The summed E-state index contributed by atoms with van der Waals surface area (Å²) in [7, 11) is 0. The number of urea groups is 1. The monoisotopic (exact) mass is 409 g/mol. The van der Waals surface area contributed by atoms with E-state index in [0.717, 1.165) is 45.9 Å². The molecular weight excluding hydrogens is 386 g/mol. The zero-order valence-electron chi connectivity index (χ0n) is 16.5. The highest BCUT2D eigenvalue weighted by Gasteiger charge is 2.56. The summed E-state index contributed by atoms with van der Waals surface area (Å²) in [5.41, 5.74) is 1.86. The molecule has 1 N–H and O–H groups in total. The Kier molecular flexibility index (Phi) is 4.07. The van der Waals surface area contributed by atoms with Crippen LogP contribution < -0.4 is 10.2 Å². The van der Waals surface area contributed by atoms with Crippen molar-refractivity contribution >= 4 is 34.9 Å². The van der Waals surface area contributed by atoms with Crippen LogP contribution in [0, 0.1) is 0 Å². The summed E-state index contributed by atoms with van der Waals surface area (Å²) in [6.07, 6.45) is 3.11. The molecule has 7 heteroatoms. The summed E-state index contributed by atoms with van der Waals surface area (Å²) < 4.78 is 0. The zero-order valence-corrected chi connectivity index (χ0v) is 17.3. The first-order valence-corrected chi connectivity index (χ1v) is 11.0. The topological polar surface area (TPSA) is 69.7 Å². The van der Waals surface area contributed by atoms with E-state index in [-0.39, 0.29) is 17.9 Å². The van der Waals surface area contributed by atoms with E-state index in [1.54, 1.807) is 23.2 Å². The normalized spacial score (nSPS) is 26.5. The van der Waals surface area contributed by atoms with E-state index in [1.807, 2.05) is 42.6 Å². The quantitative estimate of drug-likeness (QED) is 0.775. The highest BCUT2D eigenvalue weighted by molar-refractivity contribution is 7.10. The van der Waals surface area contributed by atoms with Gasteiger partial charge < -0.3 is 10.2 Å². The molecule has 3 atom stereocenters. The third-order valence-electron chi connectivity index (χ3n) is 6.47. The largest absolute Gasteiger partial charge is 0.326 e. The van der Waals surface area contributed by atoms with Crippen LogP contribution in [0.15, 0.2) is 35.7 Å². The maximum absolute atomic E-state index is 13.5. The molecule has 1 saturated heterocycles. The van der Waals surface area contributed by atoms with Crippen molar-refractivity contribution in [2.75, 3.05) is 4.90 Å². The van der Waals surface area contributed by atoms with Crippen LogP contribution in [0.3, 0.4) is 0 Å². The van der Waals surface area contributed by atoms with Gasteiger partial charge in [-0.15, -0.1) is 11.3 Å². The van der Waals surface area contributed by atoms with Gasteiger partial charge in [-0.3, -0.25) is 9.59 Å². The number of rotatable bonds is 2. The molecule has 1 aromatic heterocycles. The van der Waals surface area contributed by atoms with Crippen molar-refractivity contribution in [3.05, 3.63) is 51.7 Å². The smallest absolute Gasteiger partial charge is 0.319 e. The lowest BCUT2D eigenvalue weighted by molar-refractivity contribution is -0.137. The molecule has 6 nitrogen and oxygen atoms in total. The van der Waals surface area contributed by atoms with E-state index in [4.69, 9.17) is 0 Å². The van der Waals surface area contributed by atoms with Crippen molar-refractivity contribution in [3.63, 3.8) is 0 Å². The lowest BCUT2D eigenvalue weighted by atomic mass is 9.80. The molecular formula is C22H23N3O3S. The van der Waals surface area contributed by atoms with Crippen LogP contribution in [0.25, 0.3) is 0 Å². The van der Waals surface area contributed by atoms with Gasteiger partial charge >= 0.3 is 6.03 Å². The van der Waals surface area contributed by atoms with Gasteiger partial charge in [-0.2, -0.15) is 0 Å². The molecule has 150 valence electrons. The van der Waals surface area contributed by atoms with Crippen molar-refractivity contribution in [2.45, 2.75) is 57.2 Å². The van der Waals surface area contributed by atoms with E-state index in [1.165, 1.54) is 0 Å². The third-order valence-corrected chi connectivity index (χ3v) is 7.45. The van der Waals surface area contributed by atoms with Crippen molar-refractivity contribution in [1.29, 1.82) is 0 Å². The maximum atomic E-state index is 13.5. The molecule has 1 spiro atoms. The first-order valence-electron chi connectivity index (χ1n) is 10.1. The Morgan fingerprint density at radius 1 is 1.28 bits per heavy atom. The van der Waals surface area contributed by atoms with Gasteiger partial charge in [-0.05, 0) is 62.6 Å². The van der Waals surface area contributed by atoms with E-state index < -0.39 is 17.6 Å². The minimum Gasteiger partial charge on any atom is -0.319 e. The Balaban J connectivity index is 1.47. The zero-order chi connectivity index (χ0) is 20.3. The molecule has 5 rings (SSSR count). The van der Waals surface area contributed by atoms with Gasteiger partial charge in [-0.1, -0.05) is 18.2 Å². The van der Waals surface area contributed by atoms with Crippen molar-refractivity contribution in [1.82, 2.24) is 10.2 Å². The van der Waals surface area contributed by atoms with Crippen molar-refractivity contribution in [2.24, 2.45) is 0 Å². The molecule has 3 heterocycles. The van der Waals surface area contributed by atoms with Crippen molar-refractivity contribution in [3.8, 4) is 0 Å². The fraction of sp³-hybridized carbons (Fsp3) is 0.409. The van der Waals surface area contributed by atoms with Crippen LogP contribution in [-0.4, -0.2) is 34.8 Å². The number of hydrogen-bond acceptors (Lipinski definition) is 4. The SMILES string of the molecule is C[C@H](C(=O)N1c2ccccc2C[C@@H]1C)N1C(=O)N[C@]2(CCCc3sccc32)C1=O. The Labute approximate surface area is 173 Å². The molecule has 1 aromatic carbocycles. The van der Waals surface area contributed by atoms with E-state index in [9.17, 15) is 14.4 Å². The predicted octanol–water partition coefficient (Wildman–Crippen LogP) is 3.20. The summed E-state index contributed by atoms with van der Waals surface area (Å²) in [5.74, 6) is -0.521. The lowest BCUT2D eigenvalue weighted by Gasteiger charge is -2.33. The number of anilines is 1. The van der Waals surface area contributed by atoms with Crippen molar-refractivity contribution < 1.29 is 14.4 Å². The second-order valence-electron chi connectivity index (χ2n) is 8.19. The summed E-state index contributed by atoms with van der Waals surface area (Å²) in [6.45, 7) is 3.65. The fourth-order valence-corrected chi connectivity index (χ4v) is 6.07. The van der Waals surface area contributed by atoms with Crippen LogP contribution in [0.1, 0.15) is 42.7 Å². The minimum atomic E-state index is -1.02. The first-order chi connectivity index (χ1) is 13.9. The predicted molar refractivity (Wildman–Crippen MR) is 111 cm³/mol. The Morgan fingerprint density at radius 2 is 2.07 bits per heavy atom. The average molecular weight is 410 g/mol. The Bertz CT molecular complexity index is 1030. The number of amides is 4. The number of nitrogens with one attached hydrogen (secondary N) is 1. The number of imide groups is 1. The van der Waals surface area contributed by atoms with E-state index in [2.05, 4.69) is 5.32 Å². The van der Waals surface area contributed by atoms with Gasteiger partial charge in [0.1, 0.15) is 11.6 Å². The number of carbonyl (C=O) groups is 3. The molecule has 1 aliphatic carbocycles. The van der Waals surface area contributed by atoms with E-state index >= 15 is 0 Å². The summed E-state index contributed by atoms with van der Waals surface area (Å²) >= 11 is 1.62.